The van der Waals surface area contributed by atoms with E-state index in [2.05, 4.69) is 26.1 Å². The first kappa shape index (κ1) is 15.5. The Bertz CT molecular complexity index is 418. The first-order chi connectivity index (χ1) is 10.6. The summed E-state index contributed by atoms with van der Waals surface area (Å²) in [6.45, 7) is 8.76. The van der Waals surface area contributed by atoms with Crippen molar-refractivity contribution >= 4 is 0 Å². The number of hydrogen-bond donors (Lipinski definition) is 1. The Morgan fingerprint density at radius 2 is 1.77 bits per heavy atom. The van der Waals surface area contributed by atoms with E-state index in [4.69, 9.17) is 0 Å². The summed E-state index contributed by atoms with van der Waals surface area (Å²) < 4.78 is 0. The molecule has 0 amide bonds. The number of rotatable bonds is 2. The third-order valence-electron chi connectivity index (χ3n) is 8.94. The molecule has 22 heavy (non-hydrogen) atoms. The van der Waals surface area contributed by atoms with Crippen molar-refractivity contribution in [2.45, 2.75) is 91.0 Å². The molecule has 0 spiro atoms. The van der Waals surface area contributed by atoms with Gasteiger partial charge in [0.1, 0.15) is 0 Å². The van der Waals surface area contributed by atoms with Crippen molar-refractivity contribution in [2.75, 3.05) is 6.54 Å². The van der Waals surface area contributed by atoms with E-state index in [0.717, 1.165) is 41.7 Å². The first-order valence-corrected chi connectivity index (χ1v) is 10.3. The van der Waals surface area contributed by atoms with Crippen LogP contribution < -0.4 is 5.32 Å². The van der Waals surface area contributed by atoms with Crippen molar-refractivity contribution in [3.63, 3.8) is 0 Å². The lowest BCUT2D eigenvalue weighted by Crippen LogP contribution is -2.54. The molecule has 0 aromatic rings. The Morgan fingerprint density at radius 1 is 0.909 bits per heavy atom. The van der Waals surface area contributed by atoms with Crippen molar-refractivity contribution in [2.24, 2.45) is 34.5 Å². The Kier molecular flexibility index (Phi) is 3.87. The van der Waals surface area contributed by atoms with Crippen molar-refractivity contribution in [3.05, 3.63) is 0 Å². The molecule has 4 saturated carbocycles. The van der Waals surface area contributed by atoms with Gasteiger partial charge in [0.25, 0.3) is 0 Å². The normalized spacial score (nSPS) is 54.4. The highest BCUT2D eigenvalue weighted by molar-refractivity contribution is 5.07. The van der Waals surface area contributed by atoms with Crippen LogP contribution in [0.5, 0.6) is 0 Å². The highest BCUT2D eigenvalue weighted by Crippen LogP contribution is 2.66. The van der Waals surface area contributed by atoms with Gasteiger partial charge < -0.3 is 5.32 Å². The predicted octanol–water partition coefficient (Wildman–Crippen LogP) is 5.40. The van der Waals surface area contributed by atoms with Gasteiger partial charge in [0.2, 0.25) is 0 Å². The van der Waals surface area contributed by atoms with Crippen LogP contribution in [0.15, 0.2) is 0 Å². The summed E-state index contributed by atoms with van der Waals surface area (Å²) >= 11 is 0. The van der Waals surface area contributed by atoms with Crippen molar-refractivity contribution in [1.29, 1.82) is 0 Å². The molecule has 4 aliphatic rings. The van der Waals surface area contributed by atoms with E-state index in [9.17, 15) is 0 Å². The molecule has 0 saturated heterocycles. The summed E-state index contributed by atoms with van der Waals surface area (Å²) in [5, 5.41) is 3.75. The minimum absolute atomic E-state index is 0.679. The molecule has 0 heterocycles. The predicted molar refractivity (Wildman–Crippen MR) is 93.8 cm³/mol. The number of fused-ring (bicyclic) bond motifs is 5. The molecular formula is C21H37N. The number of nitrogens with one attached hydrogen (secondary N) is 1. The van der Waals surface area contributed by atoms with Crippen LogP contribution in [0.4, 0.5) is 0 Å². The Labute approximate surface area is 138 Å². The molecule has 4 rings (SSSR count). The lowest BCUT2D eigenvalue weighted by molar-refractivity contribution is -0.107. The molecule has 4 aliphatic carbocycles. The van der Waals surface area contributed by atoms with Gasteiger partial charge in [0.15, 0.2) is 0 Å². The van der Waals surface area contributed by atoms with Crippen LogP contribution in [0, 0.1) is 34.5 Å². The van der Waals surface area contributed by atoms with E-state index < -0.39 is 0 Å². The maximum absolute atomic E-state index is 3.75. The summed E-state index contributed by atoms with van der Waals surface area (Å²) in [6.07, 6.45) is 15.2. The number of hydrogen-bond acceptors (Lipinski definition) is 1. The smallest absolute Gasteiger partial charge is 0.00699 e. The molecule has 1 nitrogen and oxygen atoms in total. The SMILES string of the molecule is CCNC1CC[C@@]2(C)C(CC[C@H]3[C@@H]4CCC[C@@]4(C)CC[C@@H]32)C1. The standard InChI is InChI=1S/C21H37N/c1-4-22-16-9-13-21(3)15(14-16)7-8-17-18-6-5-11-20(18,2)12-10-19(17)21/h15-19,22H,4-14H2,1-3H3/t15?,16?,17-,18-,19-,20-,21-/m0/s1. The summed E-state index contributed by atoms with van der Waals surface area (Å²) in [6, 6.07) is 0.819. The molecule has 0 bridgehead atoms. The van der Waals surface area contributed by atoms with Crippen LogP contribution >= 0.6 is 0 Å². The van der Waals surface area contributed by atoms with Crippen LogP contribution in [0.3, 0.4) is 0 Å². The Morgan fingerprint density at radius 3 is 2.59 bits per heavy atom. The van der Waals surface area contributed by atoms with Crippen LogP contribution in [-0.4, -0.2) is 12.6 Å². The van der Waals surface area contributed by atoms with Crippen LogP contribution in [0.1, 0.15) is 85.0 Å². The zero-order chi connectivity index (χ0) is 15.4. The van der Waals surface area contributed by atoms with Crippen LogP contribution in [-0.2, 0) is 0 Å². The molecule has 0 aromatic carbocycles. The second-order valence-electron chi connectivity index (χ2n) is 9.77. The van der Waals surface area contributed by atoms with Crippen molar-refractivity contribution < 1.29 is 0 Å². The van der Waals surface area contributed by atoms with Gasteiger partial charge in [-0.2, -0.15) is 0 Å². The summed E-state index contributed by atoms with van der Waals surface area (Å²) in [7, 11) is 0. The van der Waals surface area contributed by atoms with Gasteiger partial charge in [-0.1, -0.05) is 27.2 Å². The fraction of sp³-hybridized carbons (Fsp3) is 1.00. The highest BCUT2D eigenvalue weighted by atomic mass is 14.9. The maximum Gasteiger partial charge on any atom is 0.00699 e. The van der Waals surface area contributed by atoms with E-state index in [-0.39, 0.29) is 0 Å². The van der Waals surface area contributed by atoms with Crippen LogP contribution in [0.2, 0.25) is 0 Å². The summed E-state index contributed by atoms with van der Waals surface area (Å²) in [5.41, 5.74) is 1.41. The zero-order valence-corrected chi connectivity index (χ0v) is 15.2. The molecule has 0 radical (unpaired) electrons. The Hall–Kier alpha value is -0.0400. The van der Waals surface area contributed by atoms with E-state index in [1.54, 1.807) is 19.3 Å². The van der Waals surface area contributed by atoms with Gasteiger partial charge in [-0.05, 0) is 98.8 Å². The minimum atomic E-state index is 0.679. The highest BCUT2D eigenvalue weighted by Gasteiger charge is 2.57. The quantitative estimate of drug-likeness (QED) is 0.720. The molecule has 2 unspecified atom stereocenters. The second kappa shape index (κ2) is 5.50. The largest absolute Gasteiger partial charge is 0.314 e. The van der Waals surface area contributed by atoms with E-state index in [1.807, 2.05) is 0 Å². The van der Waals surface area contributed by atoms with Crippen molar-refractivity contribution in [1.82, 2.24) is 5.32 Å². The average Bonchev–Trinajstić information content (AvgIpc) is 2.89. The van der Waals surface area contributed by atoms with Gasteiger partial charge in [0.05, 0.1) is 0 Å². The van der Waals surface area contributed by atoms with E-state index in [1.165, 1.54) is 44.9 Å². The summed E-state index contributed by atoms with van der Waals surface area (Å²) in [5.74, 6) is 4.23. The lowest BCUT2D eigenvalue weighted by atomic mass is 9.45. The van der Waals surface area contributed by atoms with E-state index >= 15 is 0 Å². The molecule has 1 N–H and O–H groups in total. The molecule has 7 atom stereocenters. The van der Waals surface area contributed by atoms with Gasteiger partial charge in [-0.3, -0.25) is 0 Å². The van der Waals surface area contributed by atoms with Gasteiger partial charge >= 0.3 is 0 Å². The van der Waals surface area contributed by atoms with E-state index in [0.29, 0.717) is 5.41 Å². The van der Waals surface area contributed by atoms with Crippen LogP contribution in [0.25, 0.3) is 0 Å². The summed E-state index contributed by atoms with van der Waals surface area (Å²) in [4.78, 5) is 0. The minimum Gasteiger partial charge on any atom is -0.314 e. The first-order valence-electron chi connectivity index (χ1n) is 10.3. The fourth-order valence-corrected chi connectivity index (χ4v) is 7.73. The fourth-order valence-electron chi connectivity index (χ4n) is 7.73. The molecule has 1 heteroatoms. The molecule has 4 fully saturated rings. The second-order valence-corrected chi connectivity index (χ2v) is 9.77. The maximum atomic E-state index is 3.75. The van der Waals surface area contributed by atoms with Gasteiger partial charge in [-0.25, -0.2) is 0 Å². The van der Waals surface area contributed by atoms with Crippen molar-refractivity contribution in [3.8, 4) is 0 Å². The molecular weight excluding hydrogens is 266 g/mol. The molecule has 0 aromatic heterocycles. The molecule has 0 aliphatic heterocycles. The zero-order valence-electron chi connectivity index (χ0n) is 15.2. The molecule has 126 valence electrons. The Balaban J connectivity index is 1.54. The lowest BCUT2D eigenvalue weighted by Gasteiger charge is -2.60. The average molecular weight is 304 g/mol. The topological polar surface area (TPSA) is 12.0 Å². The third kappa shape index (κ3) is 2.21. The monoisotopic (exact) mass is 303 g/mol. The van der Waals surface area contributed by atoms with Gasteiger partial charge in [-0.15, -0.1) is 0 Å². The van der Waals surface area contributed by atoms with Gasteiger partial charge in [0, 0.05) is 6.04 Å². The third-order valence-corrected chi connectivity index (χ3v) is 8.94.